The molecule has 14 nitrogen and oxygen atoms in total. The maximum absolute atomic E-state index is 15.7. The van der Waals surface area contributed by atoms with E-state index in [1.54, 1.807) is 15.7 Å². The third kappa shape index (κ3) is 4.99. The lowest BCUT2D eigenvalue weighted by molar-refractivity contribution is 0.00980. The van der Waals surface area contributed by atoms with Gasteiger partial charge in [0.25, 0.3) is 0 Å². The SMILES string of the molecule is O=C(O)c1cn(C2CC2)c2c3c(c(F)cc2c1=O)N1C[C@@](O)(COc2ccc(N4C[C@@H](Cn5ccnn5)OC4=O)cc2F)C[C@H]1CO3. The summed E-state index contributed by atoms with van der Waals surface area (Å²) in [6, 6.07) is 4.57. The fraction of sp³-hybridized carbons (Fsp3) is 0.387. The maximum atomic E-state index is 15.7. The van der Waals surface area contributed by atoms with Crippen molar-refractivity contribution in [1.82, 2.24) is 19.6 Å². The molecule has 2 saturated heterocycles. The van der Waals surface area contributed by atoms with E-state index in [1.807, 2.05) is 0 Å². The number of cyclic esters (lactones) is 1. The molecule has 4 aromatic rings. The Morgan fingerprint density at radius 2 is 1.98 bits per heavy atom. The van der Waals surface area contributed by atoms with Crippen LogP contribution in [0.1, 0.15) is 35.7 Å². The normalized spacial score (nSPS) is 23.4. The first-order valence-electron chi connectivity index (χ1n) is 15.1. The molecule has 5 heterocycles. The molecule has 0 spiro atoms. The van der Waals surface area contributed by atoms with Crippen LogP contribution in [0.5, 0.6) is 11.5 Å². The van der Waals surface area contributed by atoms with Crippen molar-refractivity contribution in [3.8, 4) is 11.5 Å². The molecule has 1 saturated carbocycles. The predicted molar refractivity (Wildman–Crippen MR) is 159 cm³/mol. The Labute approximate surface area is 264 Å². The van der Waals surface area contributed by atoms with Crippen LogP contribution in [-0.2, 0) is 11.3 Å². The molecule has 16 heteroatoms. The van der Waals surface area contributed by atoms with Crippen LogP contribution in [0.4, 0.5) is 25.0 Å². The van der Waals surface area contributed by atoms with Crippen LogP contribution in [0, 0.1) is 11.6 Å². The predicted octanol–water partition coefficient (Wildman–Crippen LogP) is 2.71. The fourth-order valence-corrected chi connectivity index (χ4v) is 6.75. The molecule has 0 radical (unpaired) electrons. The number of carboxylic acid groups (broad SMARTS) is 1. The van der Waals surface area contributed by atoms with Gasteiger partial charge in [0.05, 0.1) is 48.5 Å². The number of ether oxygens (including phenoxy) is 3. The number of nitrogens with zero attached hydrogens (tertiary/aromatic N) is 6. The largest absolute Gasteiger partial charge is 0.487 e. The van der Waals surface area contributed by atoms with Gasteiger partial charge in [-0.25, -0.2) is 23.1 Å². The van der Waals surface area contributed by atoms with Crippen molar-refractivity contribution >= 4 is 34.3 Å². The summed E-state index contributed by atoms with van der Waals surface area (Å²) in [5, 5.41) is 28.6. The van der Waals surface area contributed by atoms with Gasteiger partial charge in [-0.2, -0.15) is 0 Å². The highest BCUT2D eigenvalue weighted by molar-refractivity contribution is 5.97. The van der Waals surface area contributed by atoms with Crippen LogP contribution < -0.4 is 24.7 Å². The van der Waals surface area contributed by atoms with E-state index >= 15 is 8.78 Å². The van der Waals surface area contributed by atoms with Crippen molar-refractivity contribution in [2.75, 3.05) is 36.1 Å². The molecular formula is C31H28F2N6O8. The highest BCUT2D eigenvalue weighted by Crippen LogP contribution is 2.48. The van der Waals surface area contributed by atoms with Crippen LogP contribution in [-0.4, -0.2) is 85.9 Å². The number of pyridine rings is 1. The summed E-state index contributed by atoms with van der Waals surface area (Å²) >= 11 is 0. The topological polar surface area (TPSA) is 161 Å². The second-order valence-corrected chi connectivity index (χ2v) is 12.4. The van der Waals surface area contributed by atoms with Gasteiger partial charge in [0, 0.05) is 30.9 Å². The Morgan fingerprint density at radius 1 is 1.15 bits per heavy atom. The van der Waals surface area contributed by atoms with E-state index in [0.717, 1.165) is 25.0 Å². The van der Waals surface area contributed by atoms with E-state index in [-0.39, 0.29) is 67.0 Å². The summed E-state index contributed by atoms with van der Waals surface area (Å²) in [5.41, 5.74) is -2.11. The first-order chi connectivity index (χ1) is 22.6. The number of amides is 1. The van der Waals surface area contributed by atoms with Gasteiger partial charge >= 0.3 is 12.1 Å². The van der Waals surface area contributed by atoms with E-state index in [1.165, 1.54) is 34.1 Å². The number of carboxylic acids is 1. The second-order valence-electron chi connectivity index (χ2n) is 12.4. The molecule has 1 aliphatic carbocycles. The quantitative estimate of drug-likeness (QED) is 0.289. The van der Waals surface area contributed by atoms with Crippen LogP contribution in [0.15, 0.2) is 47.7 Å². The van der Waals surface area contributed by atoms with Crippen LogP contribution in [0.2, 0.25) is 0 Å². The Bertz CT molecular complexity index is 2000. The van der Waals surface area contributed by atoms with Crippen molar-refractivity contribution in [2.45, 2.75) is 49.6 Å². The van der Waals surface area contributed by atoms with Crippen LogP contribution >= 0.6 is 0 Å². The summed E-state index contributed by atoms with van der Waals surface area (Å²) in [6.07, 6.45) is 4.99. The van der Waals surface area contributed by atoms with Gasteiger partial charge in [-0.1, -0.05) is 5.21 Å². The number of aromatic nitrogens is 4. The zero-order valence-corrected chi connectivity index (χ0v) is 24.7. The first-order valence-corrected chi connectivity index (χ1v) is 15.1. The molecule has 2 aromatic carbocycles. The molecule has 244 valence electrons. The Hall–Kier alpha value is -5.25. The third-order valence-corrected chi connectivity index (χ3v) is 9.06. The standard InChI is InChI=1S/C31H28F2N6O8/c32-22-7-17(38-11-19(47-30(38)43)10-36-6-5-34-35-36)3-4-24(22)46-15-31(44)9-18-13-45-28-25-20(8-23(33)26(28)39(18)14-31)27(40)21(29(41)42)12-37(25)16-1-2-16/h3-8,12,16,18-19,44H,1-2,9-11,13-15H2,(H,41,42)/t18-,19+,31+/m0/s1. The summed E-state index contributed by atoms with van der Waals surface area (Å²) < 4.78 is 51.3. The van der Waals surface area contributed by atoms with Gasteiger partial charge in [0.2, 0.25) is 5.43 Å². The Morgan fingerprint density at radius 3 is 2.70 bits per heavy atom. The molecule has 3 atom stereocenters. The summed E-state index contributed by atoms with van der Waals surface area (Å²) in [4.78, 5) is 40.2. The number of halogens is 2. The molecule has 3 aliphatic heterocycles. The lowest BCUT2D eigenvalue weighted by Crippen LogP contribution is -2.41. The smallest absolute Gasteiger partial charge is 0.414 e. The highest BCUT2D eigenvalue weighted by Gasteiger charge is 2.48. The monoisotopic (exact) mass is 650 g/mol. The molecular weight excluding hydrogens is 622 g/mol. The number of benzene rings is 2. The van der Waals surface area contributed by atoms with Gasteiger partial charge in [0.1, 0.15) is 36.2 Å². The van der Waals surface area contributed by atoms with Gasteiger partial charge in [-0.05, 0) is 31.0 Å². The number of aliphatic hydroxyl groups is 1. The molecule has 4 aliphatic rings. The summed E-state index contributed by atoms with van der Waals surface area (Å²) in [7, 11) is 0. The molecule has 2 aromatic heterocycles. The van der Waals surface area contributed by atoms with E-state index in [9.17, 15) is 24.6 Å². The van der Waals surface area contributed by atoms with E-state index in [0.29, 0.717) is 12.1 Å². The zero-order chi connectivity index (χ0) is 32.6. The minimum Gasteiger partial charge on any atom is -0.487 e. The Balaban J connectivity index is 1.01. The second kappa shape index (κ2) is 10.7. The molecule has 3 fully saturated rings. The molecule has 2 N–H and O–H groups in total. The van der Waals surface area contributed by atoms with Gasteiger partial charge in [-0.3, -0.25) is 9.69 Å². The summed E-state index contributed by atoms with van der Waals surface area (Å²) in [6.45, 7) is 0.164. The highest BCUT2D eigenvalue weighted by atomic mass is 19.1. The number of carbonyl (C=O) groups excluding carboxylic acids is 1. The number of hydrogen-bond donors (Lipinski definition) is 2. The third-order valence-electron chi connectivity index (χ3n) is 9.06. The molecule has 8 rings (SSSR count). The van der Waals surface area contributed by atoms with Gasteiger partial charge in [-0.15, -0.1) is 5.10 Å². The minimum atomic E-state index is -1.52. The molecule has 1 amide bonds. The molecule has 0 bridgehead atoms. The van der Waals surface area contributed by atoms with Crippen molar-refractivity contribution in [3.63, 3.8) is 0 Å². The van der Waals surface area contributed by atoms with Crippen molar-refractivity contribution in [3.05, 3.63) is 70.3 Å². The van der Waals surface area contributed by atoms with Crippen molar-refractivity contribution in [1.29, 1.82) is 0 Å². The number of rotatable bonds is 8. The first kappa shape index (κ1) is 29.2. The van der Waals surface area contributed by atoms with Crippen molar-refractivity contribution < 1.29 is 42.8 Å². The van der Waals surface area contributed by atoms with E-state index in [2.05, 4.69) is 10.3 Å². The average Bonchev–Trinajstić information content (AvgIpc) is 3.45. The maximum Gasteiger partial charge on any atom is 0.414 e. The number of anilines is 2. The fourth-order valence-electron chi connectivity index (χ4n) is 6.75. The number of hydrogen-bond acceptors (Lipinski definition) is 10. The lowest BCUT2D eigenvalue weighted by atomic mass is 10.0. The van der Waals surface area contributed by atoms with Gasteiger partial charge < -0.3 is 33.9 Å². The molecule has 0 unspecified atom stereocenters. The van der Waals surface area contributed by atoms with Crippen LogP contribution in [0.3, 0.4) is 0 Å². The summed E-state index contributed by atoms with van der Waals surface area (Å²) in [5.74, 6) is -2.95. The average molecular weight is 651 g/mol. The van der Waals surface area contributed by atoms with E-state index < -0.39 is 52.4 Å². The zero-order valence-electron chi connectivity index (χ0n) is 24.7. The number of fused-ring (bicyclic) bond motifs is 5. The van der Waals surface area contributed by atoms with Crippen LogP contribution in [0.25, 0.3) is 10.9 Å². The molecule has 47 heavy (non-hydrogen) atoms. The minimum absolute atomic E-state index is 0.0468. The lowest BCUT2D eigenvalue weighted by Gasteiger charge is -2.34. The Kier molecular flexibility index (Phi) is 6.61. The van der Waals surface area contributed by atoms with E-state index in [4.69, 9.17) is 14.2 Å². The number of aromatic carboxylic acids is 1. The van der Waals surface area contributed by atoms with Gasteiger partial charge in [0.15, 0.2) is 23.1 Å². The van der Waals surface area contributed by atoms with Crippen molar-refractivity contribution in [2.24, 2.45) is 0 Å². The number of carbonyl (C=O) groups is 2.